The third-order valence-electron chi connectivity index (χ3n) is 2.51. The zero-order valence-corrected chi connectivity index (χ0v) is 9.43. The lowest BCUT2D eigenvalue weighted by Crippen LogP contribution is -2.13. The summed E-state index contributed by atoms with van der Waals surface area (Å²) in [5.41, 5.74) is 1.34. The van der Waals surface area contributed by atoms with E-state index in [1.807, 2.05) is 13.1 Å². The molecule has 4 heteroatoms. The molecule has 0 aliphatic heterocycles. The molecule has 4 nitrogen and oxygen atoms in total. The van der Waals surface area contributed by atoms with E-state index in [4.69, 9.17) is 0 Å². The summed E-state index contributed by atoms with van der Waals surface area (Å²) in [5, 5.41) is 11.1. The molecule has 0 unspecified atom stereocenters. The lowest BCUT2D eigenvalue weighted by molar-refractivity contribution is 0.625. The fourth-order valence-corrected chi connectivity index (χ4v) is 1.65. The topological polar surface area (TPSA) is 42.7 Å². The number of aromatic nitrogens is 3. The summed E-state index contributed by atoms with van der Waals surface area (Å²) < 4.78 is 2.09. The molecule has 0 bridgehead atoms. The van der Waals surface area contributed by atoms with Crippen molar-refractivity contribution in [2.45, 2.75) is 19.5 Å². The van der Waals surface area contributed by atoms with Crippen molar-refractivity contribution >= 4 is 0 Å². The summed E-state index contributed by atoms with van der Waals surface area (Å²) in [6, 6.07) is 10.4. The zero-order valence-electron chi connectivity index (χ0n) is 9.43. The fraction of sp³-hybridized carbons (Fsp3) is 0.333. The quantitative estimate of drug-likeness (QED) is 0.817. The second-order valence-electron chi connectivity index (χ2n) is 3.71. The van der Waals surface area contributed by atoms with Gasteiger partial charge in [0, 0.05) is 6.54 Å². The van der Waals surface area contributed by atoms with Crippen molar-refractivity contribution in [3.8, 4) is 0 Å². The molecule has 0 aliphatic rings. The minimum absolute atomic E-state index is 0.759. The Hall–Kier alpha value is -1.68. The van der Waals surface area contributed by atoms with E-state index < -0.39 is 0 Å². The minimum Gasteiger partial charge on any atom is -0.316 e. The molecule has 16 heavy (non-hydrogen) atoms. The first-order valence-corrected chi connectivity index (χ1v) is 5.45. The van der Waals surface area contributed by atoms with Gasteiger partial charge in [0.15, 0.2) is 0 Å². The van der Waals surface area contributed by atoms with E-state index in [2.05, 4.69) is 44.3 Å². The number of rotatable bonds is 5. The van der Waals surface area contributed by atoms with Crippen LogP contribution in [-0.4, -0.2) is 21.8 Å². The number of aryl methyl sites for hydroxylation is 2. The van der Waals surface area contributed by atoms with Crippen LogP contribution in [0.4, 0.5) is 0 Å². The fourth-order valence-electron chi connectivity index (χ4n) is 1.65. The summed E-state index contributed by atoms with van der Waals surface area (Å²) in [6.07, 6.45) is 2.80. The molecule has 0 fully saturated rings. The molecule has 0 radical (unpaired) electrons. The third kappa shape index (κ3) is 2.67. The molecule has 0 amide bonds. The van der Waals surface area contributed by atoms with E-state index in [1.165, 1.54) is 5.56 Å². The van der Waals surface area contributed by atoms with Gasteiger partial charge in [0.2, 0.25) is 0 Å². The number of nitrogens with zero attached hydrogens (tertiary/aromatic N) is 3. The lowest BCUT2D eigenvalue weighted by Gasteiger charge is -2.05. The monoisotopic (exact) mass is 216 g/mol. The smallest absolute Gasteiger partial charge is 0.146 e. The van der Waals surface area contributed by atoms with Crippen LogP contribution in [0.5, 0.6) is 0 Å². The van der Waals surface area contributed by atoms with E-state index in [1.54, 1.807) is 6.33 Å². The van der Waals surface area contributed by atoms with Gasteiger partial charge >= 0.3 is 0 Å². The van der Waals surface area contributed by atoms with Gasteiger partial charge in [0.05, 0.1) is 6.54 Å². The van der Waals surface area contributed by atoms with E-state index >= 15 is 0 Å². The summed E-state index contributed by atoms with van der Waals surface area (Å²) in [6.45, 7) is 1.68. The summed E-state index contributed by atoms with van der Waals surface area (Å²) in [7, 11) is 1.91. The van der Waals surface area contributed by atoms with Gasteiger partial charge in [0.25, 0.3) is 0 Å². The van der Waals surface area contributed by atoms with Crippen LogP contribution in [-0.2, 0) is 19.5 Å². The predicted molar refractivity (Wildman–Crippen MR) is 62.9 cm³/mol. The van der Waals surface area contributed by atoms with Gasteiger partial charge in [-0.3, -0.25) is 0 Å². The van der Waals surface area contributed by atoms with Crippen LogP contribution in [0.1, 0.15) is 11.4 Å². The van der Waals surface area contributed by atoms with Gasteiger partial charge in [-0.1, -0.05) is 30.3 Å². The molecule has 0 saturated heterocycles. The molecule has 2 rings (SSSR count). The average molecular weight is 216 g/mol. The second-order valence-corrected chi connectivity index (χ2v) is 3.71. The summed E-state index contributed by atoms with van der Waals surface area (Å²) in [4.78, 5) is 0. The van der Waals surface area contributed by atoms with Crippen molar-refractivity contribution in [1.82, 2.24) is 20.1 Å². The molecular weight excluding hydrogens is 200 g/mol. The highest BCUT2D eigenvalue weighted by atomic mass is 15.3. The van der Waals surface area contributed by atoms with Crippen molar-refractivity contribution in [2.75, 3.05) is 7.05 Å². The van der Waals surface area contributed by atoms with E-state index in [0.29, 0.717) is 0 Å². The van der Waals surface area contributed by atoms with Crippen LogP contribution in [0.15, 0.2) is 36.7 Å². The number of hydrogen-bond acceptors (Lipinski definition) is 3. The Bertz CT molecular complexity index is 422. The first kappa shape index (κ1) is 10.8. The van der Waals surface area contributed by atoms with Crippen LogP contribution in [0.2, 0.25) is 0 Å². The van der Waals surface area contributed by atoms with Crippen molar-refractivity contribution in [2.24, 2.45) is 0 Å². The van der Waals surface area contributed by atoms with Crippen LogP contribution in [0.25, 0.3) is 0 Å². The maximum atomic E-state index is 4.07. The predicted octanol–water partition coefficient (Wildman–Crippen LogP) is 1.24. The molecule has 2 aromatic rings. The standard InChI is InChI=1S/C12H16N4/c1-13-9-12-15-14-10-16(12)8-7-11-5-3-2-4-6-11/h2-6,10,13H,7-9H2,1H3. The lowest BCUT2D eigenvalue weighted by atomic mass is 10.1. The highest BCUT2D eigenvalue weighted by molar-refractivity contribution is 5.14. The molecule has 0 aliphatic carbocycles. The SMILES string of the molecule is CNCc1nncn1CCc1ccccc1. The number of nitrogens with one attached hydrogen (secondary N) is 1. The Balaban J connectivity index is 1.97. The Morgan fingerprint density at radius 1 is 1.25 bits per heavy atom. The van der Waals surface area contributed by atoms with Crippen LogP contribution >= 0.6 is 0 Å². The second kappa shape index (κ2) is 5.42. The van der Waals surface area contributed by atoms with Gasteiger partial charge < -0.3 is 9.88 Å². The van der Waals surface area contributed by atoms with E-state index in [-0.39, 0.29) is 0 Å². The zero-order chi connectivity index (χ0) is 11.2. The molecule has 84 valence electrons. The van der Waals surface area contributed by atoms with Gasteiger partial charge in [-0.25, -0.2) is 0 Å². The number of hydrogen-bond donors (Lipinski definition) is 1. The van der Waals surface area contributed by atoms with Gasteiger partial charge in [-0.15, -0.1) is 10.2 Å². The Labute approximate surface area is 95.3 Å². The molecule has 0 atom stereocenters. The highest BCUT2D eigenvalue weighted by Crippen LogP contribution is 2.03. The van der Waals surface area contributed by atoms with E-state index in [9.17, 15) is 0 Å². The molecule has 1 aromatic carbocycles. The third-order valence-corrected chi connectivity index (χ3v) is 2.51. The van der Waals surface area contributed by atoms with Crippen LogP contribution in [0.3, 0.4) is 0 Å². The van der Waals surface area contributed by atoms with Gasteiger partial charge in [0.1, 0.15) is 12.2 Å². The average Bonchev–Trinajstić information content (AvgIpc) is 2.76. The normalized spacial score (nSPS) is 10.6. The first-order valence-electron chi connectivity index (χ1n) is 5.45. The van der Waals surface area contributed by atoms with Crippen LogP contribution < -0.4 is 5.32 Å². The van der Waals surface area contributed by atoms with Crippen molar-refractivity contribution in [1.29, 1.82) is 0 Å². The summed E-state index contributed by atoms with van der Waals surface area (Å²) in [5.74, 6) is 0.985. The number of benzene rings is 1. The minimum atomic E-state index is 0.759. The Morgan fingerprint density at radius 3 is 2.81 bits per heavy atom. The van der Waals surface area contributed by atoms with Crippen molar-refractivity contribution < 1.29 is 0 Å². The van der Waals surface area contributed by atoms with Crippen molar-refractivity contribution in [3.63, 3.8) is 0 Å². The molecular formula is C12H16N4. The molecule has 0 saturated carbocycles. The summed E-state index contributed by atoms with van der Waals surface area (Å²) >= 11 is 0. The van der Waals surface area contributed by atoms with E-state index in [0.717, 1.165) is 25.3 Å². The molecule has 1 heterocycles. The van der Waals surface area contributed by atoms with Crippen molar-refractivity contribution in [3.05, 3.63) is 48.0 Å². The maximum Gasteiger partial charge on any atom is 0.146 e. The van der Waals surface area contributed by atoms with Crippen LogP contribution in [0, 0.1) is 0 Å². The first-order chi connectivity index (χ1) is 7.90. The molecule has 1 aromatic heterocycles. The van der Waals surface area contributed by atoms with Gasteiger partial charge in [-0.2, -0.15) is 0 Å². The Kier molecular flexibility index (Phi) is 3.66. The Morgan fingerprint density at radius 2 is 2.06 bits per heavy atom. The molecule has 0 spiro atoms. The largest absolute Gasteiger partial charge is 0.316 e. The van der Waals surface area contributed by atoms with Gasteiger partial charge in [-0.05, 0) is 19.0 Å². The maximum absolute atomic E-state index is 4.07. The molecule has 1 N–H and O–H groups in total. The highest BCUT2D eigenvalue weighted by Gasteiger charge is 2.02.